The highest BCUT2D eigenvalue weighted by Gasteiger charge is 2.24. The molecule has 0 saturated carbocycles. The molecule has 3 heteroatoms. The molecular weight excluding hydrogens is 212 g/mol. The molecule has 1 unspecified atom stereocenters. The summed E-state index contributed by atoms with van der Waals surface area (Å²) in [6.45, 7) is 3.12. The highest BCUT2D eigenvalue weighted by atomic mass is 16.5. The van der Waals surface area contributed by atoms with Crippen LogP contribution < -0.4 is 15.4 Å². The summed E-state index contributed by atoms with van der Waals surface area (Å²) in [5.41, 5.74) is 1.33. The number of para-hydroxylation sites is 1. The van der Waals surface area contributed by atoms with Gasteiger partial charge in [0.1, 0.15) is 5.75 Å². The van der Waals surface area contributed by atoms with E-state index < -0.39 is 0 Å². The molecule has 1 fully saturated rings. The summed E-state index contributed by atoms with van der Waals surface area (Å²) in [7, 11) is 0. The zero-order valence-corrected chi connectivity index (χ0v) is 10.1. The van der Waals surface area contributed by atoms with E-state index in [0.29, 0.717) is 12.1 Å². The van der Waals surface area contributed by atoms with Crippen LogP contribution >= 0.6 is 0 Å². The monoisotopic (exact) mass is 232 g/mol. The minimum Gasteiger partial charge on any atom is -0.493 e. The van der Waals surface area contributed by atoms with Crippen LogP contribution in [0.15, 0.2) is 24.3 Å². The second-order valence-corrected chi connectivity index (χ2v) is 4.92. The van der Waals surface area contributed by atoms with E-state index in [9.17, 15) is 0 Å². The molecule has 0 aromatic heterocycles. The standard InChI is InChI=1S/C14H20N2O/c1-2-4-14-12(3-1)13(7-10-17-14)16-11-5-8-15-9-6-11/h1-4,11,13,15-16H,5-10H2. The normalized spacial score (nSPS) is 25.1. The third-order valence-corrected chi connectivity index (χ3v) is 3.73. The maximum atomic E-state index is 5.69. The highest BCUT2D eigenvalue weighted by Crippen LogP contribution is 2.32. The Labute approximate surface area is 103 Å². The fraction of sp³-hybridized carbons (Fsp3) is 0.571. The number of benzene rings is 1. The first-order valence-electron chi connectivity index (χ1n) is 6.62. The highest BCUT2D eigenvalue weighted by molar-refractivity contribution is 5.37. The van der Waals surface area contributed by atoms with Crippen LogP contribution in [-0.2, 0) is 0 Å². The van der Waals surface area contributed by atoms with Crippen LogP contribution in [0.3, 0.4) is 0 Å². The Kier molecular flexibility index (Phi) is 3.29. The first kappa shape index (κ1) is 11.1. The zero-order valence-electron chi connectivity index (χ0n) is 10.1. The van der Waals surface area contributed by atoms with Gasteiger partial charge in [-0.1, -0.05) is 18.2 Å². The van der Waals surface area contributed by atoms with Crippen molar-refractivity contribution in [2.24, 2.45) is 0 Å². The van der Waals surface area contributed by atoms with Gasteiger partial charge >= 0.3 is 0 Å². The molecule has 2 aliphatic heterocycles. The van der Waals surface area contributed by atoms with Gasteiger partial charge in [0.15, 0.2) is 0 Å². The molecule has 0 radical (unpaired) electrons. The smallest absolute Gasteiger partial charge is 0.124 e. The summed E-state index contributed by atoms with van der Waals surface area (Å²) >= 11 is 0. The van der Waals surface area contributed by atoms with Gasteiger partial charge in [-0.2, -0.15) is 0 Å². The SMILES string of the molecule is c1ccc2c(c1)OCCC2NC1CCNCC1. The van der Waals surface area contributed by atoms with Gasteiger partial charge < -0.3 is 15.4 Å². The molecule has 3 rings (SSSR count). The molecule has 1 atom stereocenters. The van der Waals surface area contributed by atoms with Crippen LogP contribution in [-0.4, -0.2) is 25.7 Å². The van der Waals surface area contributed by atoms with Crippen molar-refractivity contribution in [1.82, 2.24) is 10.6 Å². The van der Waals surface area contributed by atoms with Crippen molar-refractivity contribution in [3.63, 3.8) is 0 Å². The van der Waals surface area contributed by atoms with Crippen molar-refractivity contribution in [1.29, 1.82) is 0 Å². The molecule has 17 heavy (non-hydrogen) atoms. The third kappa shape index (κ3) is 2.45. The number of nitrogens with one attached hydrogen (secondary N) is 2. The molecule has 3 nitrogen and oxygen atoms in total. The number of rotatable bonds is 2. The summed E-state index contributed by atoms with van der Waals surface area (Å²) in [4.78, 5) is 0. The van der Waals surface area contributed by atoms with Gasteiger partial charge in [-0.25, -0.2) is 0 Å². The van der Waals surface area contributed by atoms with Gasteiger partial charge in [-0.15, -0.1) is 0 Å². The Morgan fingerprint density at radius 3 is 2.82 bits per heavy atom. The molecule has 1 saturated heterocycles. The van der Waals surface area contributed by atoms with Gasteiger partial charge in [0.2, 0.25) is 0 Å². The molecule has 1 aromatic rings. The number of hydrogen-bond donors (Lipinski definition) is 2. The minimum absolute atomic E-state index is 0.475. The van der Waals surface area contributed by atoms with Gasteiger partial charge in [0.05, 0.1) is 6.61 Å². The van der Waals surface area contributed by atoms with Crippen LogP contribution in [0.25, 0.3) is 0 Å². The molecule has 0 bridgehead atoms. The van der Waals surface area contributed by atoms with Crippen molar-refractivity contribution in [2.45, 2.75) is 31.3 Å². The van der Waals surface area contributed by atoms with E-state index in [2.05, 4.69) is 28.8 Å². The lowest BCUT2D eigenvalue weighted by Crippen LogP contribution is -2.42. The first-order chi connectivity index (χ1) is 8.43. The molecule has 2 aliphatic rings. The lowest BCUT2D eigenvalue weighted by atomic mass is 9.97. The number of ether oxygens (including phenoxy) is 1. The van der Waals surface area contributed by atoms with Crippen molar-refractivity contribution < 1.29 is 4.74 Å². The Morgan fingerprint density at radius 1 is 1.12 bits per heavy atom. The van der Waals surface area contributed by atoms with Crippen molar-refractivity contribution >= 4 is 0 Å². The topological polar surface area (TPSA) is 33.3 Å². The zero-order chi connectivity index (χ0) is 11.5. The lowest BCUT2D eigenvalue weighted by Gasteiger charge is -2.32. The lowest BCUT2D eigenvalue weighted by molar-refractivity contribution is 0.235. The van der Waals surface area contributed by atoms with E-state index in [-0.39, 0.29) is 0 Å². The predicted molar refractivity (Wildman–Crippen MR) is 68.3 cm³/mol. The van der Waals surface area contributed by atoms with Crippen LogP contribution in [0.4, 0.5) is 0 Å². The molecular formula is C14H20N2O. The van der Waals surface area contributed by atoms with Gasteiger partial charge in [-0.05, 0) is 32.0 Å². The average molecular weight is 232 g/mol. The molecule has 92 valence electrons. The largest absolute Gasteiger partial charge is 0.493 e. The van der Waals surface area contributed by atoms with E-state index in [1.807, 2.05) is 6.07 Å². The number of hydrogen-bond acceptors (Lipinski definition) is 3. The summed E-state index contributed by atoms with van der Waals surface area (Å²) in [5, 5.41) is 7.20. The Bertz CT molecular complexity index is 374. The third-order valence-electron chi connectivity index (χ3n) is 3.73. The first-order valence-corrected chi connectivity index (χ1v) is 6.62. The fourth-order valence-corrected chi connectivity index (χ4v) is 2.79. The Morgan fingerprint density at radius 2 is 1.94 bits per heavy atom. The van der Waals surface area contributed by atoms with Crippen LogP contribution in [0.2, 0.25) is 0 Å². The average Bonchev–Trinajstić information content (AvgIpc) is 2.40. The van der Waals surface area contributed by atoms with Crippen LogP contribution in [0, 0.1) is 0 Å². The molecule has 0 spiro atoms. The van der Waals surface area contributed by atoms with Gasteiger partial charge in [0.25, 0.3) is 0 Å². The Balaban J connectivity index is 1.71. The quantitative estimate of drug-likeness (QED) is 0.816. The second kappa shape index (κ2) is 5.07. The minimum atomic E-state index is 0.475. The second-order valence-electron chi connectivity index (χ2n) is 4.92. The molecule has 1 aromatic carbocycles. The molecule has 0 aliphatic carbocycles. The number of piperidine rings is 1. The maximum Gasteiger partial charge on any atom is 0.124 e. The maximum absolute atomic E-state index is 5.69. The fourth-order valence-electron chi connectivity index (χ4n) is 2.79. The molecule has 2 N–H and O–H groups in total. The van der Waals surface area contributed by atoms with E-state index in [1.165, 1.54) is 18.4 Å². The van der Waals surface area contributed by atoms with Gasteiger partial charge in [0, 0.05) is 24.1 Å². The van der Waals surface area contributed by atoms with E-state index in [0.717, 1.165) is 31.9 Å². The van der Waals surface area contributed by atoms with Crippen LogP contribution in [0.1, 0.15) is 30.9 Å². The van der Waals surface area contributed by atoms with Crippen LogP contribution in [0.5, 0.6) is 5.75 Å². The summed E-state index contributed by atoms with van der Waals surface area (Å²) < 4.78 is 5.69. The predicted octanol–water partition coefficient (Wildman–Crippen LogP) is 1.85. The summed E-state index contributed by atoms with van der Waals surface area (Å²) in [5.74, 6) is 1.06. The Hall–Kier alpha value is -1.06. The van der Waals surface area contributed by atoms with Crippen molar-refractivity contribution in [3.05, 3.63) is 29.8 Å². The van der Waals surface area contributed by atoms with Crippen molar-refractivity contribution in [3.8, 4) is 5.75 Å². The van der Waals surface area contributed by atoms with E-state index >= 15 is 0 Å². The van der Waals surface area contributed by atoms with Crippen molar-refractivity contribution in [2.75, 3.05) is 19.7 Å². The number of fused-ring (bicyclic) bond motifs is 1. The summed E-state index contributed by atoms with van der Waals surface area (Å²) in [6.07, 6.45) is 3.56. The van der Waals surface area contributed by atoms with E-state index in [1.54, 1.807) is 0 Å². The van der Waals surface area contributed by atoms with Gasteiger partial charge in [-0.3, -0.25) is 0 Å². The summed E-state index contributed by atoms with van der Waals surface area (Å²) in [6, 6.07) is 9.55. The van der Waals surface area contributed by atoms with E-state index in [4.69, 9.17) is 4.74 Å². The molecule has 2 heterocycles. The molecule has 0 amide bonds.